The molecule has 0 bridgehead atoms. The first-order valence-electron chi connectivity index (χ1n) is 17.2. The van der Waals surface area contributed by atoms with Gasteiger partial charge in [-0.25, -0.2) is 13.4 Å². The van der Waals surface area contributed by atoms with E-state index < -0.39 is 21.8 Å². The molecule has 5 aliphatic rings. The Morgan fingerprint density at radius 3 is 2.72 bits per heavy atom. The van der Waals surface area contributed by atoms with Gasteiger partial charge in [0.2, 0.25) is 15.9 Å². The predicted octanol–water partition coefficient (Wildman–Crippen LogP) is 2.34. The Balaban J connectivity index is 1.12. The molecule has 2 aliphatic carbocycles. The van der Waals surface area contributed by atoms with Crippen LogP contribution in [0.1, 0.15) is 63.0 Å². The van der Waals surface area contributed by atoms with E-state index in [0.717, 1.165) is 88.0 Å². The highest BCUT2D eigenvalue weighted by Gasteiger charge is 2.52. The molecule has 1 amide bonds. The smallest absolute Gasteiger partial charge is 0.257 e. The van der Waals surface area contributed by atoms with Gasteiger partial charge in [0.15, 0.2) is 0 Å². The summed E-state index contributed by atoms with van der Waals surface area (Å²) in [6.07, 6.45) is 7.08. The minimum absolute atomic E-state index is 0.00178. The van der Waals surface area contributed by atoms with E-state index in [9.17, 15) is 18.0 Å². The van der Waals surface area contributed by atoms with Gasteiger partial charge >= 0.3 is 0 Å². The Morgan fingerprint density at radius 2 is 2.02 bits per heavy atom. The summed E-state index contributed by atoms with van der Waals surface area (Å²) in [6, 6.07) is 0.387. The normalized spacial score (nSPS) is 35.2. The number of nitrogens with zero attached hydrogens (tertiary/aromatic N) is 3. The van der Waals surface area contributed by atoms with Crippen molar-refractivity contribution in [3.8, 4) is 0 Å². The third-order valence-electron chi connectivity index (χ3n) is 11.2. The second-order valence-electron chi connectivity index (χ2n) is 15.3. The van der Waals surface area contributed by atoms with Crippen LogP contribution >= 0.6 is 23.4 Å². The Hall–Kier alpha value is -1.22. The Labute approximate surface area is 288 Å². The van der Waals surface area contributed by atoms with Crippen LogP contribution in [0, 0.1) is 30.1 Å². The summed E-state index contributed by atoms with van der Waals surface area (Å²) in [5.41, 5.74) is 2.04. The third-order valence-corrected chi connectivity index (χ3v) is 13.8. The molecule has 4 fully saturated rings. The van der Waals surface area contributed by atoms with Crippen LogP contribution in [0.15, 0.2) is 4.79 Å². The summed E-state index contributed by atoms with van der Waals surface area (Å²) in [5, 5.41) is 3.85. The molecule has 47 heavy (non-hydrogen) atoms. The number of sulfonamides is 1. The summed E-state index contributed by atoms with van der Waals surface area (Å²) in [4.78, 5) is 34.1. The minimum Gasteiger partial charge on any atom is -0.380 e. The van der Waals surface area contributed by atoms with E-state index in [-0.39, 0.29) is 51.6 Å². The first-order valence-corrected chi connectivity index (χ1v) is 20.6. The van der Waals surface area contributed by atoms with E-state index in [0.29, 0.717) is 24.9 Å². The fraction of sp³-hybridized carbons (Fsp3) is 0.848. The number of fused-ring (bicyclic) bond motifs is 2. The number of aromatic nitrogens is 2. The van der Waals surface area contributed by atoms with Crippen molar-refractivity contribution in [2.24, 2.45) is 23.2 Å². The molecule has 0 radical (unpaired) electrons. The highest BCUT2D eigenvalue weighted by Crippen LogP contribution is 2.48. The molecule has 3 aliphatic heterocycles. The fourth-order valence-corrected chi connectivity index (χ4v) is 11.6. The van der Waals surface area contributed by atoms with Gasteiger partial charge in [-0.3, -0.25) is 18.9 Å². The molecule has 264 valence electrons. The molecular formula is C33H52ClN5O6S2. The van der Waals surface area contributed by atoms with Gasteiger partial charge in [0, 0.05) is 52.0 Å². The Bertz CT molecular complexity index is 1490. The molecule has 6 rings (SSSR count). The largest absolute Gasteiger partial charge is 0.380 e. The number of hydrogen-bond acceptors (Lipinski definition) is 10. The van der Waals surface area contributed by atoms with Crippen molar-refractivity contribution in [3.05, 3.63) is 27.4 Å². The Morgan fingerprint density at radius 1 is 1.26 bits per heavy atom. The number of aryl methyl sites for hydroxylation is 2. The molecule has 11 nitrogen and oxygen atoms in total. The van der Waals surface area contributed by atoms with E-state index in [1.54, 1.807) is 16.3 Å². The quantitative estimate of drug-likeness (QED) is 0.349. The second kappa shape index (κ2) is 14.2. The molecule has 0 aromatic carbocycles. The summed E-state index contributed by atoms with van der Waals surface area (Å²) in [5.74, 6) is 0.959. The average Bonchev–Trinajstić information content (AvgIpc) is 3.41. The van der Waals surface area contributed by atoms with Crippen molar-refractivity contribution in [1.29, 1.82) is 0 Å². The molecule has 0 spiro atoms. The van der Waals surface area contributed by atoms with Crippen LogP contribution in [-0.2, 0) is 43.7 Å². The zero-order chi connectivity index (χ0) is 33.7. The maximum Gasteiger partial charge on any atom is 0.257 e. The maximum absolute atomic E-state index is 13.9. The maximum atomic E-state index is 13.9. The Kier molecular flexibility index (Phi) is 10.7. The van der Waals surface area contributed by atoms with Crippen molar-refractivity contribution in [1.82, 2.24) is 24.5 Å². The van der Waals surface area contributed by atoms with Crippen LogP contribution < -0.4 is 15.6 Å². The number of rotatable bonds is 10. The number of carbonyl (C=O) groups excluding carboxylic acids is 1. The molecule has 3 saturated heterocycles. The zero-order valence-electron chi connectivity index (χ0n) is 28.4. The molecule has 8 unspecified atom stereocenters. The van der Waals surface area contributed by atoms with Crippen LogP contribution in [0.2, 0.25) is 0 Å². The number of piperidine rings is 1. The van der Waals surface area contributed by atoms with Crippen LogP contribution in [-0.4, -0.2) is 109 Å². The number of likely N-dealkylation sites (N-methyl/N-ethyl adjacent to an activating group) is 1. The van der Waals surface area contributed by atoms with Crippen molar-refractivity contribution >= 4 is 39.3 Å². The van der Waals surface area contributed by atoms with Crippen LogP contribution in [0.4, 0.5) is 0 Å². The first-order chi connectivity index (χ1) is 22.2. The summed E-state index contributed by atoms with van der Waals surface area (Å²) in [6.45, 7) is 9.73. The van der Waals surface area contributed by atoms with Crippen LogP contribution in [0.3, 0.4) is 0 Å². The van der Waals surface area contributed by atoms with E-state index >= 15 is 0 Å². The molecule has 1 saturated carbocycles. The summed E-state index contributed by atoms with van der Waals surface area (Å²) < 4.78 is 39.7. The van der Waals surface area contributed by atoms with Gasteiger partial charge < -0.3 is 19.7 Å². The standard InChI is InChI=1S/C33H52ClN5O6S2/c1-19-12-24(30-29(35-19)26(15-46-30)31(40)37-47(5,42)43)23-13-21(34)6-9-28(23)45-11-10-39-20(2)36-27-8-7-22(14-25(27)32(39)41)38(4)16-33(3)17-44-18-33/h19,21-24,26,28-30,35H,6-18H2,1-5H3,(H,37,40)/t19?,21?,22-,23?,24?,26?,28?,29?,30?/m1/s1. The zero-order valence-corrected chi connectivity index (χ0v) is 30.8. The van der Waals surface area contributed by atoms with Gasteiger partial charge in [0.25, 0.3) is 5.56 Å². The van der Waals surface area contributed by atoms with Crippen molar-refractivity contribution < 1.29 is 22.7 Å². The van der Waals surface area contributed by atoms with Gasteiger partial charge in [-0.05, 0) is 77.7 Å². The number of hydrogen-bond donors (Lipinski definition) is 2. The topological polar surface area (TPSA) is 132 Å². The second-order valence-corrected chi connectivity index (χ2v) is 18.9. The van der Waals surface area contributed by atoms with Crippen molar-refractivity contribution in [2.45, 2.75) is 107 Å². The van der Waals surface area contributed by atoms with E-state index in [4.69, 9.17) is 26.1 Å². The lowest BCUT2D eigenvalue weighted by Crippen LogP contribution is -2.58. The van der Waals surface area contributed by atoms with E-state index in [2.05, 4.69) is 35.8 Å². The summed E-state index contributed by atoms with van der Waals surface area (Å²) >= 11 is 8.54. The molecule has 4 heterocycles. The number of amides is 1. The van der Waals surface area contributed by atoms with Gasteiger partial charge in [0.05, 0.1) is 50.3 Å². The summed E-state index contributed by atoms with van der Waals surface area (Å²) in [7, 11) is -1.46. The predicted molar refractivity (Wildman–Crippen MR) is 185 cm³/mol. The molecule has 1 aromatic rings. The number of carbonyl (C=O) groups is 1. The number of halogens is 1. The molecular weight excluding hydrogens is 662 g/mol. The number of thioether (sulfide) groups is 1. The van der Waals surface area contributed by atoms with E-state index in [1.165, 1.54) is 0 Å². The van der Waals surface area contributed by atoms with Crippen molar-refractivity contribution in [2.75, 3.05) is 45.4 Å². The minimum atomic E-state index is -3.63. The van der Waals surface area contributed by atoms with Gasteiger partial charge in [-0.1, -0.05) is 6.92 Å². The number of nitrogens with one attached hydrogen (secondary N) is 2. The lowest BCUT2D eigenvalue weighted by molar-refractivity contribution is -0.123. The third kappa shape index (κ3) is 7.91. The van der Waals surface area contributed by atoms with Crippen molar-refractivity contribution in [3.63, 3.8) is 0 Å². The molecule has 1 aromatic heterocycles. The number of ether oxygens (including phenoxy) is 2. The number of alkyl halides is 1. The van der Waals surface area contributed by atoms with E-state index in [1.807, 2.05) is 6.92 Å². The molecule has 2 N–H and O–H groups in total. The first kappa shape index (κ1) is 35.6. The van der Waals surface area contributed by atoms with Gasteiger partial charge in [0.1, 0.15) is 5.82 Å². The molecule has 14 heteroatoms. The SMILES string of the molecule is Cc1nc2c(c(=O)n1CCOC1CCC(Cl)CC1C1CC(C)NC3C(C(=O)NS(C)(=O)=O)CSC13)C[C@H](N(C)CC1(C)COC1)CC2. The highest BCUT2D eigenvalue weighted by molar-refractivity contribution is 8.00. The van der Waals surface area contributed by atoms with Gasteiger partial charge in [-0.15, -0.1) is 11.6 Å². The monoisotopic (exact) mass is 713 g/mol. The van der Waals surface area contributed by atoms with Crippen LogP contribution in [0.5, 0.6) is 0 Å². The van der Waals surface area contributed by atoms with Gasteiger partial charge in [-0.2, -0.15) is 11.8 Å². The lowest BCUT2D eigenvalue weighted by Gasteiger charge is -2.47. The average molecular weight is 714 g/mol. The lowest BCUT2D eigenvalue weighted by atomic mass is 9.70. The molecule has 9 atom stereocenters. The highest BCUT2D eigenvalue weighted by atomic mass is 35.5. The fourth-order valence-electron chi connectivity index (χ4n) is 8.91. The van der Waals surface area contributed by atoms with Crippen LogP contribution in [0.25, 0.3) is 0 Å².